The molecule has 0 N–H and O–H groups in total. The molecule has 5 heteroatoms. The predicted octanol–water partition coefficient (Wildman–Crippen LogP) is 4.32. The van der Waals surface area contributed by atoms with Crippen LogP contribution in [0.4, 0.5) is 0 Å². The molecule has 0 atom stereocenters. The lowest BCUT2D eigenvalue weighted by atomic mass is 10.2. The van der Waals surface area contributed by atoms with E-state index < -0.39 is 6.85 Å². The summed E-state index contributed by atoms with van der Waals surface area (Å²) in [4.78, 5) is 4.19. The zero-order valence-corrected chi connectivity index (χ0v) is 9.43. The van der Waals surface area contributed by atoms with Crippen LogP contribution in [0, 0.1) is 0 Å². The van der Waals surface area contributed by atoms with E-state index in [0.29, 0.717) is 5.75 Å². The van der Waals surface area contributed by atoms with Gasteiger partial charge in [-0.05, 0) is 46.7 Å². The highest BCUT2D eigenvalue weighted by atomic mass is 35.9. The predicted molar refractivity (Wildman–Crippen MR) is 61.0 cm³/mol. The summed E-state index contributed by atoms with van der Waals surface area (Å²) in [6, 6.07) is 9.36. The van der Waals surface area contributed by atoms with E-state index in [2.05, 4.69) is 4.98 Å². The first-order valence-corrected chi connectivity index (χ1v) is 6.98. The molecule has 0 spiro atoms. The topological polar surface area (TPSA) is 22.1 Å². The molecular weight excluding hydrogens is 240 g/mol. The zero-order valence-electron chi connectivity index (χ0n) is 7.02. The van der Waals surface area contributed by atoms with Gasteiger partial charge in [0.05, 0.1) is 5.52 Å². The first kappa shape index (κ1) is 9.97. The molecule has 0 bridgehead atoms. The number of hydrogen-bond donors (Lipinski definition) is 0. The summed E-state index contributed by atoms with van der Waals surface area (Å²) in [6.07, 6.45) is 1.73. The third-order valence-electron chi connectivity index (χ3n) is 1.77. The first-order valence-electron chi connectivity index (χ1n) is 3.91. The van der Waals surface area contributed by atoms with Crippen molar-refractivity contribution in [3.8, 4) is 5.75 Å². The average molecular weight is 246 g/mol. The lowest BCUT2D eigenvalue weighted by molar-refractivity contribution is 0.645. The molecule has 0 saturated heterocycles. The Morgan fingerprint density at radius 1 is 1.14 bits per heavy atom. The Balaban J connectivity index is 2.53. The summed E-state index contributed by atoms with van der Waals surface area (Å²) >= 11 is 11.2. The Morgan fingerprint density at radius 3 is 2.79 bits per heavy atom. The largest absolute Gasteiger partial charge is 0.444 e. The molecule has 0 amide bonds. The van der Waals surface area contributed by atoms with Gasteiger partial charge in [0, 0.05) is 11.6 Å². The minimum absolute atomic E-state index is 0.673. The minimum Gasteiger partial charge on any atom is -0.444 e. The molecule has 72 valence electrons. The second kappa shape index (κ2) is 4.31. The molecular formula is C9H6Cl2NOP. The van der Waals surface area contributed by atoms with Crippen LogP contribution in [0.5, 0.6) is 5.75 Å². The molecule has 0 saturated carbocycles. The molecule has 0 aliphatic carbocycles. The number of halogens is 2. The number of fused-ring (bicyclic) bond motifs is 1. The molecule has 0 radical (unpaired) electrons. The highest BCUT2D eigenvalue weighted by Gasteiger charge is 2.06. The number of nitrogens with zero attached hydrogens (tertiary/aromatic N) is 1. The molecule has 0 aliphatic heterocycles. The molecule has 2 nitrogen and oxygen atoms in total. The van der Waals surface area contributed by atoms with Crippen LogP contribution in [0.1, 0.15) is 0 Å². The van der Waals surface area contributed by atoms with Crippen molar-refractivity contribution in [1.82, 2.24) is 4.98 Å². The van der Waals surface area contributed by atoms with Crippen molar-refractivity contribution in [2.24, 2.45) is 0 Å². The SMILES string of the molecule is ClP(Cl)Oc1cccc2ncccc12. The maximum absolute atomic E-state index is 5.60. The Labute approximate surface area is 92.2 Å². The first-order chi connectivity index (χ1) is 6.77. The Hall–Kier alpha value is -0.560. The van der Waals surface area contributed by atoms with Crippen molar-refractivity contribution in [3.05, 3.63) is 36.5 Å². The van der Waals surface area contributed by atoms with E-state index in [4.69, 9.17) is 27.0 Å². The summed E-state index contributed by atoms with van der Waals surface area (Å²) in [5, 5.41) is 0.920. The molecule has 0 unspecified atom stereocenters. The third kappa shape index (κ3) is 2.09. The minimum atomic E-state index is -1.43. The number of pyridine rings is 1. The quantitative estimate of drug-likeness (QED) is 0.736. The fourth-order valence-corrected chi connectivity index (χ4v) is 1.98. The lowest BCUT2D eigenvalue weighted by Crippen LogP contribution is -1.83. The van der Waals surface area contributed by atoms with Crippen LogP contribution in [0.25, 0.3) is 10.9 Å². The van der Waals surface area contributed by atoms with Crippen LogP contribution >= 0.6 is 29.3 Å². The molecule has 2 rings (SSSR count). The van der Waals surface area contributed by atoms with Crippen molar-refractivity contribution in [1.29, 1.82) is 0 Å². The third-order valence-corrected chi connectivity index (χ3v) is 2.52. The molecule has 1 aromatic heterocycles. The van der Waals surface area contributed by atoms with Gasteiger partial charge in [-0.1, -0.05) is 6.07 Å². The summed E-state index contributed by atoms with van der Waals surface area (Å²) in [5.74, 6) is 0.673. The van der Waals surface area contributed by atoms with Crippen LogP contribution in [0.3, 0.4) is 0 Å². The number of aromatic nitrogens is 1. The van der Waals surface area contributed by atoms with Gasteiger partial charge in [0.1, 0.15) is 5.75 Å². The van der Waals surface area contributed by atoms with Crippen LogP contribution in [-0.2, 0) is 0 Å². The second-order valence-electron chi connectivity index (χ2n) is 2.62. The molecule has 0 fully saturated rings. The van der Waals surface area contributed by atoms with Crippen LogP contribution in [0.2, 0.25) is 0 Å². The van der Waals surface area contributed by atoms with Crippen LogP contribution < -0.4 is 4.52 Å². The number of benzene rings is 1. The monoisotopic (exact) mass is 245 g/mol. The zero-order chi connectivity index (χ0) is 9.97. The smallest absolute Gasteiger partial charge is 0.284 e. The maximum atomic E-state index is 5.60. The number of hydrogen-bond acceptors (Lipinski definition) is 2. The van der Waals surface area contributed by atoms with E-state index in [1.165, 1.54) is 0 Å². The van der Waals surface area contributed by atoms with E-state index in [9.17, 15) is 0 Å². The molecule has 1 heterocycles. The van der Waals surface area contributed by atoms with Gasteiger partial charge in [-0.3, -0.25) is 4.98 Å². The molecule has 1 aromatic carbocycles. The van der Waals surface area contributed by atoms with Crippen molar-refractivity contribution in [2.75, 3.05) is 0 Å². The van der Waals surface area contributed by atoms with Crippen molar-refractivity contribution in [3.63, 3.8) is 0 Å². The standard InChI is InChI=1S/C9H6Cl2NOP/c10-14(11)13-9-5-1-4-8-7(9)3-2-6-12-8/h1-6H. The van der Waals surface area contributed by atoms with Gasteiger partial charge in [0.2, 0.25) is 0 Å². The molecule has 0 aliphatic rings. The van der Waals surface area contributed by atoms with Gasteiger partial charge in [0.15, 0.2) is 0 Å². The van der Waals surface area contributed by atoms with Crippen molar-refractivity contribution >= 4 is 40.2 Å². The average Bonchev–Trinajstić information content (AvgIpc) is 2.18. The van der Waals surface area contributed by atoms with Crippen molar-refractivity contribution < 1.29 is 4.52 Å². The van der Waals surface area contributed by atoms with E-state index >= 15 is 0 Å². The molecule has 2 aromatic rings. The fraction of sp³-hybridized carbons (Fsp3) is 0. The molecule has 14 heavy (non-hydrogen) atoms. The van der Waals surface area contributed by atoms with Crippen LogP contribution in [-0.4, -0.2) is 4.98 Å². The highest BCUT2D eigenvalue weighted by molar-refractivity contribution is 8.00. The summed E-state index contributed by atoms with van der Waals surface area (Å²) in [5.41, 5.74) is 0.871. The summed E-state index contributed by atoms with van der Waals surface area (Å²) in [7, 11) is 0. The Kier molecular flexibility index (Phi) is 3.07. The van der Waals surface area contributed by atoms with Gasteiger partial charge < -0.3 is 4.52 Å². The Morgan fingerprint density at radius 2 is 2.00 bits per heavy atom. The fourth-order valence-electron chi connectivity index (χ4n) is 1.23. The Bertz CT molecular complexity index is 444. The lowest BCUT2D eigenvalue weighted by Gasteiger charge is -2.07. The van der Waals surface area contributed by atoms with Crippen LogP contribution in [0.15, 0.2) is 36.5 Å². The summed E-state index contributed by atoms with van der Waals surface area (Å²) < 4.78 is 5.28. The normalized spacial score (nSPS) is 10.8. The van der Waals surface area contributed by atoms with E-state index in [1.807, 2.05) is 30.3 Å². The second-order valence-corrected chi connectivity index (χ2v) is 5.57. The van der Waals surface area contributed by atoms with E-state index in [1.54, 1.807) is 6.20 Å². The van der Waals surface area contributed by atoms with E-state index in [-0.39, 0.29) is 0 Å². The van der Waals surface area contributed by atoms with Gasteiger partial charge in [-0.25, -0.2) is 0 Å². The summed E-state index contributed by atoms with van der Waals surface area (Å²) in [6.45, 7) is -1.43. The van der Waals surface area contributed by atoms with Gasteiger partial charge in [-0.2, -0.15) is 0 Å². The van der Waals surface area contributed by atoms with Gasteiger partial charge >= 0.3 is 0 Å². The van der Waals surface area contributed by atoms with E-state index in [0.717, 1.165) is 10.9 Å². The van der Waals surface area contributed by atoms with Gasteiger partial charge in [0.25, 0.3) is 6.85 Å². The highest BCUT2D eigenvalue weighted by Crippen LogP contribution is 2.49. The maximum Gasteiger partial charge on any atom is 0.284 e. The number of rotatable bonds is 2. The van der Waals surface area contributed by atoms with Crippen molar-refractivity contribution in [2.45, 2.75) is 0 Å². The van der Waals surface area contributed by atoms with Gasteiger partial charge in [-0.15, -0.1) is 0 Å².